The predicted octanol–water partition coefficient (Wildman–Crippen LogP) is 2.46. The number of hydroxylamine groups is 2. The minimum atomic E-state index is -0.597. The van der Waals surface area contributed by atoms with Gasteiger partial charge >= 0.3 is 12.2 Å². The van der Waals surface area contributed by atoms with Gasteiger partial charge in [-0.2, -0.15) is 5.06 Å². The Morgan fingerprint density at radius 1 is 1.30 bits per heavy atom. The molecule has 0 saturated carbocycles. The Bertz CT molecular complexity index is 541. The number of hydrogen-bond donors (Lipinski definition) is 1. The second-order valence-corrected chi connectivity index (χ2v) is 6.24. The number of hydrogen-bond acceptors (Lipinski definition) is 5. The molecule has 0 aromatic heterocycles. The zero-order valence-corrected chi connectivity index (χ0v) is 13.6. The predicted molar refractivity (Wildman–Crippen MR) is 82.4 cm³/mol. The highest BCUT2D eigenvalue weighted by Gasteiger charge is 2.32. The molecule has 0 aliphatic carbocycles. The smallest absolute Gasteiger partial charge is 0.434 e. The fourth-order valence-corrected chi connectivity index (χ4v) is 1.94. The van der Waals surface area contributed by atoms with Crippen molar-refractivity contribution in [2.75, 3.05) is 13.2 Å². The largest absolute Gasteiger partial charge is 0.445 e. The molecular weight excluding hydrogens is 300 g/mol. The van der Waals surface area contributed by atoms with Crippen LogP contribution in [0.15, 0.2) is 30.3 Å². The van der Waals surface area contributed by atoms with Gasteiger partial charge in [0.1, 0.15) is 12.2 Å². The van der Waals surface area contributed by atoms with E-state index in [0.717, 1.165) is 10.6 Å². The average Bonchev–Trinajstić information content (AvgIpc) is 2.93. The van der Waals surface area contributed by atoms with Crippen molar-refractivity contribution >= 4 is 12.2 Å². The summed E-state index contributed by atoms with van der Waals surface area (Å²) in [7, 11) is 0. The Labute approximate surface area is 135 Å². The van der Waals surface area contributed by atoms with Crippen molar-refractivity contribution in [1.82, 2.24) is 10.4 Å². The van der Waals surface area contributed by atoms with Gasteiger partial charge in [0.15, 0.2) is 0 Å². The number of alkyl carbamates (subject to hydrolysis) is 1. The van der Waals surface area contributed by atoms with Crippen LogP contribution < -0.4 is 5.32 Å². The maximum atomic E-state index is 11.8. The Kier molecular flexibility index (Phi) is 5.44. The van der Waals surface area contributed by atoms with Gasteiger partial charge in [-0.15, -0.1) is 0 Å². The van der Waals surface area contributed by atoms with Crippen LogP contribution in [0.3, 0.4) is 0 Å². The van der Waals surface area contributed by atoms with Crippen molar-refractivity contribution in [1.29, 1.82) is 0 Å². The van der Waals surface area contributed by atoms with Crippen molar-refractivity contribution < 1.29 is 23.9 Å². The third-order valence-electron chi connectivity index (χ3n) is 2.95. The van der Waals surface area contributed by atoms with Crippen LogP contribution >= 0.6 is 0 Å². The van der Waals surface area contributed by atoms with Gasteiger partial charge in [-0.1, -0.05) is 30.3 Å². The maximum absolute atomic E-state index is 11.8. The third-order valence-corrected chi connectivity index (χ3v) is 2.95. The molecule has 126 valence electrons. The molecule has 1 aliphatic rings. The number of rotatable bonds is 3. The second-order valence-electron chi connectivity index (χ2n) is 6.24. The van der Waals surface area contributed by atoms with E-state index in [4.69, 9.17) is 14.3 Å². The summed E-state index contributed by atoms with van der Waals surface area (Å²) in [6, 6.07) is 9.06. The normalized spacial score (nSPS) is 17.7. The zero-order chi connectivity index (χ0) is 16.9. The quantitative estimate of drug-likeness (QED) is 0.925. The molecule has 1 aliphatic heterocycles. The number of nitrogens with one attached hydrogen (secondary N) is 1. The van der Waals surface area contributed by atoms with Gasteiger partial charge in [0.25, 0.3) is 0 Å². The Hall–Kier alpha value is -2.28. The minimum Gasteiger partial charge on any atom is -0.445 e. The summed E-state index contributed by atoms with van der Waals surface area (Å²) in [6.07, 6.45) is -1.12. The number of benzene rings is 1. The first-order valence-corrected chi connectivity index (χ1v) is 7.44. The molecule has 0 bridgehead atoms. The van der Waals surface area contributed by atoms with Gasteiger partial charge < -0.3 is 14.8 Å². The fraction of sp³-hybridized carbons (Fsp3) is 0.500. The van der Waals surface area contributed by atoms with Crippen molar-refractivity contribution in [2.24, 2.45) is 0 Å². The van der Waals surface area contributed by atoms with E-state index in [1.54, 1.807) is 20.8 Å². The SMILES string of the molecule is CC(C)(C)OC(=O)N1CC(NC(=O)OCc2ccccc2)CO1. The van der Waals surface area contributed by atoms with Crippen molar-refractivity contribution in [2.45, 2.75) is 39.0 Å². The Morgan fingerprint density at radius 2 is 2.00 bits per heavy atom. The molecule has 7 nitrogen and oxygen atoms in total. The molecule has 23 heavy (non-hydrogen) atoms. The molecule has 2 amide bonds. The summed E-state index contributed by atoms with van der Waals surface area (Å²) in [5, 5.41) is 3.77. The molecular formula is C16H22N2O5. The lowest BCUT2D eigenvalue weighted by atomic mass is 10.2. The molecule has 1 heterocycles. The van der Waals surface area contributed by atoms with Crippen molar-refractivity contribution in [3.8, 4) is 0 Å². The number of carbonyl (C=O) groups is 2. The molecule has 1 saturated heterocycles. The second kappa shape index (κ2) is 7.32. The first-order valence-electron chi connectivity index (χ1n) is 7.44. The lowest BCUT2D eigenvalue weighted by Gasteiger charge is -2.23. The molecule has 1 unspecified atom stereocenters. The first-order chi connectivity index (χ1) is 10.8. The summed E-state index contributed by atoms with van der Waals surface area (Å²) < 4.78 is 10.3. The van der Waals surface area contributed by atoms with Gasteiger partial charge in [-0.25, -0.2) is 9.59 Å². The first kappa shape index (κ1) is 17.1. The number of ether oxygens (including phenoxy) is 2. The van der Waals surface area contributed by atoms with E-state index in [-0.39, 0.29) is 25.8 Å². The highest BCUT2D eigenvalue weighted by molar-refractivity contribution is 5.69. The standard InChI is InChI=1S/C16H22N2O5/c1-16(2,3)23-15(20)18-9-13(11-22-18)17-14(19)21-10-12-7-5-4-6-8-12/h4-8,13H,9-11H2,1-3H3,(H,17,19). The monoisotopic (exact) mass is 322 g/mol. The van der Waals surface area contributed by atoms with Crippen LogP contribution in [0.5, 0.6) is 0 Å². The van der Waals surface area contributed by atoms with Crippen molar-refractivity contribution in [3.63, 3.8) is 0 Å². The maximum Gasteiger partial charge on any atom is 0.434 e. The molecule has 7 heteroatoms. The van der Waals surface area contributed by atoms with Crippen LogP contribution in [-0.4, -0.2) is 42.0 Å². The Morgan fingerprint density at radius 3 is 2.65 bits per heavy atom. The zero-order valence-electron chi connectivity index (χ0n) is 13.6. The average molecular weight is 322 g/mol. The van der Waals surface area contributed by atoms with Gasteiger partial charge in [0, 0.05) is 0 Å². The number of amides is 2. The summed E-state index contributed by atoms with van der Waals surface area (Å²) in [5.41, 5.74) is 0.307. The van der Waals surface area contributed by atoms with E-state index in [0.29, 0.717) is 0 Å². The summed E-state index contributed by atoms with van der Waals surface area (Å²) in [5.74, 6) is 0. The molecule has 1 N–H and O–H groups in total. The molecule has 0 radical (unpaired) electrons. The fourth-order valence-electron chi connectivity index (χ4n) is 1.94. The van der Waals surface area contributed by atoms with Crippen molar-refractivity contribution in [3.05, 3.63) is 35.9 Å². The minimum absolute atomic E-state index is 0.191. The molecule has 1 aromatic carbocycles. The van der Waals surface area contributed by atoms with Gasteiger partial charge in [-0.05, 0) is 26.3 Å². The highest BCUT2D eigenvalue weighted by atomic mass is 16.7. The number of nitrogens with zero attached hydrogens (tertiary/aromatic N) is 1. The topological polar surface area (TPSA) is 77.1 Å². The van der Waals surface area contributed by atoms with E-state index in [2.05, 4.69) is 5.32 Å². The molecule has 1 fully saturated rings. The van der Waals surface area contributed by atoms with E-state index >= 15 is 0 Å². The van der Waals surface area contributed by atoms with Crippen LogP contribution in [-0.2, 0) is 20.9 Å². The lowest BCUT2D eigenvalue weighted by Crippen LogP contribution is -2.40. The van der Waals surface area contributed by atoms with Crippen LogP contribution in [0.1, 0.15) is 26.3 Å². The molecule has 2 rings (SSSR count). The summed E-state index contributed by atoms with van der Waals surface area (Å²) in [6.45, 7) is 5.93. The highest BCUT2D eigenvalue weighted by Crippen LogP contribution is 2.14. The van der Waals surface area contributed by atoms with Crippen LogP contribution in [0, 0.1) is 0 Å². The van der Waals surface area contributed by atoms with Crippen LogP contribution in [0.4, 0.5) is 9.59 Å². The van der Waals surface area contributed by atoms with E-state index in [1.807, 2.05) is 30.3 Å². The van der Waals surface area contributed by atoms with E-state index in [1.165, 1.54) is 0 Å². The van der Waals surface area contributed by atoms with Gasteiger partial charge in [0.05, 0.1) is 19.2 Å². The number of carbonyl (C=O) groups excluding carboxylic acids is 2. The van der Waals surface area contributed by atoms with Gasteiger partial charge in [0.2, 0.25) is 0 Å². The Balaban J connectivity index is 1.72. The van der Waals surface area contributed by atoms with Crippen LogP contribution in [0.25, 0.3) is 0 Å². The molecule has 1 aromatic rings. The summed E-state index contributed by atoms with van der Waals surface area (Å²) in [4.78, 5) is 28.8. The lowest BCUT2D eigenvalue weighted by molar-refractivity contribution is -0.107. The van der Waals surface area contributed by atoms with Gasteiger partial charge in [-0.3, -0.25) is 4.84 Å². The van der Waals surface area contributed by atoms with E-state index in [9.17, 15) is 9.59 Å². The molecule has 0 spiro atoms. The summed E-state index contributed by atoms with van der Waals surface area (Å²) >= 11 is 0. The molecule has 1 atom stereocenters. The van der Waals surface area contributed by atoms with Crippen LogP contribution in [0.2, 0.25) is 0 Å². The third kappa shape index (κ3) is 5.78. The van der Waals surface area contributed by atoms with E-state index < -0.39 is 17.8 Å².